The number of halogens is 6. The molecule has 0 spiro atoms. The number of nitrogens with one attached hydrogen (secondary N) is 1. The minimum Gasteiger partial charge on any atom is -0.379 e. The van der Waals surface area contributed by atoms with Gasteiger partial charge in [0.2, 0.25) is 0 Å². The fourth-order valence-corrected chi connectivity index (χ4v) is 6.72. The van der Waals surface area contributed by atoms with Gasteiger partial charge in [0, 0.05) is 73.5 Å². The number of carbonyl (C=O) groups is 1. The van der Waals surface area contributed by atoms with E-state index < -0.39 is 41.0 Å². The lowest BCUT2D eigenvalue weighted by Gasteiger charge is -2.52. The number of aromatic amines is 1. The Labute approximate surface area is 239 Å². The summed E-state index contributed by atoms with van der Waals surface area (Å²) < 4.78 is 87.2. The van der Waals surface area contributed by atoms with Gasteiger partial charge in [-0.15, -0.1) is 0 Å². The SMILES string of the molecule is O=C(c1cc(C(F)(F)F)cc(C(F)(F)F)c1)N1CC2CCC(N3CCOCC3)CN2CC1Cc1c[nH]c2ccccc12. The van der Waals surface area contributed by atoms with Crippen LogP contribution in [0.15, 0.2) is 48.7 Å². The van der Waals surface area contributed by atoms with Crippen LogP contribution in [0.4, 0.5) is 26.3 Å². The molecule has 1 amide bonds. The van der Waals surface area contributed by atoms with Crippen LogP contribution in [0.5, 0.6) is 0 Å². The molecule has 3 atom stereocenters. The van der Waals surface area contributed by atoms with Gasteiger partial charge < -0.3 is 14.6 Å². The topological polar surface area (TPSA) is 51.8 Å². The molecule has 6 rings (SSSR count). The molecule has 3 fully saturated rings. The van der Waals surface area contributed by atoms with Crippen LogP contribution >= 0.6 is 0 Å². The highest BCUT2D eigenvalue weighted by atomic mass is 19.4. The molecular weight excluding hydrogens is 562 g/mol. The van der Waals surface area contributed by atoms with Crippen LogP contribution < -0.4 is 0 Å². The van der Waals surface area contributed by atoms with E-state index in [2.05, 4.69) is 14.8 Å². The quantitative estimate of drug-likeness (QED) is 0.409. The molecule has 3 aromatic rings. The third-order valence-electron chi connectivity index (χ3n) is 8.88. The number of hydrogen-bond acceptors (Lipinski definition) is 4. The molecule has 1 N–H and O–H groups in total. The van der Waals surface area contributed by atoms with E-state index >= 15 is 0 Å². The Morgan fingerprint density at radius 1 is 0.857 bits per heavy atom. The van der Waals surface area contributed by atoms with Crippen molar-refractivity contribution in [3.8, 4) is 0 Å². The molecule has 0 saturated carbocycles. The molecule has 42 heavy (non-hydrogen) atoms. The zero-order valence-corrected chi connectivity index (χ0v) is 22.8. The van der Waals surface area contributed by atoms with Crippen LogP contribution in [0.25, 0.3) is 10.9 Å². The van der Waals surface area contributed by atoms with E-state index in [1.807, 2.05) is 30.5 Å². The number of alkyl halides is 6. The summed E-state index contributed by atoms with van der Waals surface area (Å²) in [5.41, 5.74) is -1.72. The number of aromatic nitrogens is 1. The molecule has 226 valence electrons. The fourth-order valence-electron chi connectivity index (χ4n) is 6.72. The number of ether oxygens (including phenoxy) is 1. The Kier molecular flexibility index (Phi) is 7.73. The van der Waals surface area contributed by atoms with Gasteiger partial charge in [0.15, 0.2) is 0 Å². The van der Waals surface area contributed by atoms with Gasteiger partial charge >= 0.3 is 12.4 Å². The maximum absolute atomic E-state index is 13.9. The second-order valence-corrected chi connectivity index (χ2v) is 11.5. The molecule has 0 radical (unpaired) electrons. The number of fused-ring (bicyclic) bond motifs is 2. The summed E-state index contributed by atoms with van der Waals surface area (Å²) in [5.74, 6) is -0.814. The van der Waals surface area contributed by atoms with Crippen molar-refractivity contribution >= 4 is 16.8 Å². The monoisotopic (exact) mass is 594 g/mol. The summed E-state index contributed by atoms with van der Waals surface area (Å²) >= 11 is 0. The summed E-state index contributed by atoms with van der Waals surface area (Å²) in [7, 11) is 0. The molecule has 3 aliphatic heterocycles. The summed E-state index contributed by atoms with van der Waals surface area (Å²) in [6, 6.07) is 8.69. The van der Waals surface area contributed by atoms with Crippen LogP contribution in [0, 0.1) is 0 Å². The lowest BCUT2D eigenvalue weighted by atomic mass is 9.90. The van der Waals surface area contributed by atoms with Crippen LogP contribution in [0.3, 0.4) is 0 Å². The summed E-state index contributed by atoms with van der Waals surface area (Å²) in [6.07, 6.45) is -6.11. The van der Waals surface area contributed by atoms with Gasteiger partial charge in [-0.1, -0.05) is 18.2 Å². The largest absolute Gasteiger partial charge is 0.416 e. The second-order valence-electron chi connectivity index (χ2n) is 11.5. The number of H-pyrrole nitrogens is 1. The van der Waals surface area contributed by atoms with Crippen molar-refractivity contribution in [1.29, 1.82) is 0 Å². The molecule has 4 heterocycles. The average molecular weight is 595 g/mol. The molecule has 1 aromatic heterocycles. The van der Waals surface area contributed by atoms with Crippen molar-refractivity contribution in [2.45, 2.75) is 49.7 Å². The highest BCUT2D eigenvalue weighted by molar-refractivity contribution is 5.95. The molecule has 3 saturated heterocycles. The molecule has 6 nitrogen and oxygen atoms in total. The zero-order chi connectivity index (χ0) is 29.6. The van der Waals surface area contributed by atoms with Gasteiger partial charge in [0.05, 0.1) is 24.3 Å². The molecule has 0 aliphatic carbocycles. The van der Waals surface area contributed by atoms with E-state index in [1.165, 1.54) is 4.90 Å². The molecule has 3 unspecified atom stereocenters. The first-order valence-electron chi connectivity index (χ1n) is 14.2. The summed E-state index contributed by atoms with van der Waals surface area (Å²) in [5, 5.41) is 0.968. The number of benzene rings is 2. The maximum atomic E-state index is 13.9. The Balaban J connectivity index is 1.32. The van der Waals surface area contributed by atoms with Crippen LogP contribution in [-0.2, 0) is 23.5 Å². The Bertz CT molecular complexity index is 1400. The van der Waals surface area contributed by atoms with Crippen molar-refractivity contribution < 1.29 is 35.9 Å². The third kappa shape index (κ3) is 5.89. The number of rotatable bonds is 4. The first-order valence-corrected chi connectivity index (χ1v) is 14.2. The van der Waals surface area contributed by atoms with Crippen molar-refractivity contribution in [2.24, 2.45) is 0 Å². The van der Waals surface area contributed by atoms with E-state index in [4.69, 9.17) is 4.74 Å². The van der Waals surface area contributed by atoms with Gasteiger partial charge in [-0.3, -0.25) is 14.6 Å². The Morgan fingerprint density at radius 3 is 2.17 bits per heavy atom. The molecular formula is C30H32F6N4O2. The minimum atomic E-state index is -5.03. The highest BCUT2D eigenvalue weighted by Gasteiger charge is 2.43. The number of para-hydroxylation sites is 1. The van der Waals surface area contributed by atoms with Gasteiger partial charge in [-0.05, 0) is 49.1 Å². The van der Waals surface area contributed by atoms with Crippen LogP contribution in [-0.4, -0.2) is 89.7 Å². The van der Waals surface area contributed by atoms with Gasteiger partial charge in [-0.25, -0.2) is 0 Å². The number of amides is 1. The van der Waals surface area contributed by atoms with Crippen molar-refractivity contribution in [2.75, 3.05) is 45.9 Å². The zero-order valence-electron chi connectivity index (χ0n) is 22.8. The summed E-state index contributed by atoms with van der Waals surface area (Å²) in [4.78, 5) is 23.4. The van der Waals surface area contributed by atoms with Gasteiger partial charge in [0.25, 0.3) is 5.91 Å². The van der Waals surface area contributed by atoms with Crippen LogP contribution in [0.2, 0.25) is 0 Å². The van der Waals surface area contributed by atoms with E-state index in [1.54, 1.807) is 0 Å². The number of carbonyl (C=O) groups excluding carboxylic acids is 1. The Hall–Kier alpha value is -3.09. The fraction of sp³-hybridized carbons (Fsp3) is 0.500. The number of piperidine rings is 1. The van der Waals surface area contributed by atoms with Crippen LogP contribution in [0.1, 0.15) is 39.9 Å². The lowest BCUT2D eigenvalue weighted by molar-refractivity contribution is -0.143. The first kappa shape index (κ1) is 29.0. The first-order chi connectivity index (χ1) is 20.0. The smallest absolute Gasteiger partial charge is 0.379 e. The van der Waals surface area contributed by atoms with E-state index in [0.717, 1.165) is 48.9 Å². The van der Waals surface area contributed by atoms with E-state index in [0.29, 0.717) is 44.4 Å². The standard InChI is InChI=1S/C30H32F6N4O2/c31-29(32,33)21-11-19(12-22(14-21)30(34,35)36)28(41)40-18-24-6-5-23(38-7-9-42-10-8-38)16-39(24)17-25(40)13-20-15-37-27-4-2-1-3-26(20)27/h1-4,11-12,14-15,23-25,37H,5-10,13,16-18H2. The summed E-state index contributed by atoms with van der Waals surface area (Å²) in [6.45, 7) is 4.57. The normalized spacial score (nSPS) is 24.6. The molecule has 12 heteroatoms. The predicted octanol–water partition coefficient (Wildman–Crippen LogP) is 5.44. The van der Waals surface area contributed by atoms with Gasteiger partial charge in [-0.2, -0.15) is 26.3 Å². The third-order valence-corrected chi connectivity index (χ3v) is 8.88. The second kappa shape index (κ2) is 11.2. The molecule has 0 bridgehead atoms. The van der Waals surface area contributed by atoms with Gasteiger partial charge in [0.1, 0.15) is 0 Å². The van der Waals surface area contributed by atoms with E-state index in [9.17, 15) is 31.1 Å². The minimum absolute atomic E-state index is 0.0293. The number of hydrogen-bond donors (Lipinski definition) is 1. The number of piperazine rings is 1. The molecule has 2 aromatic carbocycles. The molecule has 3 aliphatic rings. The number of nitrogens with zero attached hydrogens (tertiary/aromatic N) is 3. The predicted molar refractivity (Wildman–Crippen MR) is 144 cm³/mol. The Morgan fingerprint density at radius 2 is 1.50 bits per heavy atom. The van der Waals surface area contributed by atoms with Crippen molar-refractivity contribution in [3.05, 3.63) is 70.9 Å². The number of morpholine rings is 1. The van der Waals surface area contributed by atoms with E-state index in [-0.39, 0.29) is 18.7 Å². The van der Waals surface area contributed by atoms with Crippen molar-refractivity contribution in [1.82, 2.24) is 19.7 Å². The maximum Gasteiger partial charge on any atom is 0.416 e. The van der Waals surface area contributed by atoms with Crippen molar-refractivity contribution in [3.63, 3.8) is 0 Å². The average Bonchev–Trinajstić information content (AvgIpc) is 3.38. The lowest BCUT2D eigenvalue weighted by Crippen LogP contribution is -2.65. The highest BCUT2D eigenvalue weighted by Crippen LogP contribution is 2.37.